The van der Waals surface area contributed by atoms with Crippen molar-refractivity contribution >= 4 is 23.4 Å². The molecule has 0 atom stereocenters. The molecule has 0 heterocycles. The van der Waals surface area contributed by atoms with E-state index in [1.165, 1.54) is 11.1 Å². The fourth-order valence-electron chi connectivity index (χ4n) is 1.96. The maximum Gasteiger partial charge on any atom is 0.330 e. The van der Waals surface area contributed by atoms with E-state index in [1.54, 1.807) is 19.1 Å². The van der Waals surface area contributed by atoms with Gasteiger partial charge in [0.1, 0.15) is 0 Å². The molecule has 0 radical (unpaired) electrons. The van der Waals surface area contributed by atoms with E-state index < -0.39 is 5.97 Å². The molecular weight excluding hydrogens is 298 g/mol. The van der Waals surface area contributed by atoms with Crippen LogP contribution in [0.3, 0.4) is 0 Å². The number of nitrogens with zero attached hydrogens (tertiary/aromatic N) is 1. The van der Waals surface area contributed by atoms with Crippen molar-refractivity contribution in [3.05, 3.63) is 29.3 Å². The van der Waals surface area contributed by atoms with Gasteiger partial charge in [0.25, 0.3) is 0 Å². The first kappa shape index (κ1) is 19.0. The second kappa shape index (κ2) is 9.83. The number of carbonyl (C=O) groups is 1. The molecule has 128 valence electrons. The van der Waals surface area contributed by atoms with Crippen LogP contribution in [0.5, 0.6) is 0 Å². The van der Waals surface area contributed by atoms with E-state index in [4.69, 9.17) is 26.2 Å². The maximum atomic E-state index is 11.4. The van der Waals surface area contributed by atoms with Crippen LogP contribution < -0.4 is 16.6 Å². The molecule has 0 amide bonds. The number of esters is 1. The van der Waals surface area contributed by atoms with E-state index in [0.717, 1.165) is 11.1 Å². The average molecular weight is 323 g/mol. The van der Waals surface area contributed by atoms with Crippen LogP contribution in [0.4, 0.5) is 11.4 Å². The summed E-state index contributed by atoms with van der Waals surface area (Å²) >= 11 is 0. The van der Waals surface area contributed by atoms with Crippen molar-refractivity contribution < 1.29 is 19.4 Å². The van der Waals surface area contributed by atoms with Gasteiger partial charge in [-0.2, -0.15) is 0 Å². The number of hydrogen-bond donors (Lipinski definition) is 3. The first-order valence-corrected chi connectivity index (χ1v) is 7.46. The molecule has 0 aliphatic carbocycles. The van der Waals surface area contributed by atoms with Gasteiger partial charge in [0.2, 0.25) is 0 Å². The van der Waals surface area contributed by atoms with Crippen LogP contribution in [0, 0.1) is 6.92 Å². The number of hydrazine groups is 1. The number of aliphatic hydroxyl groups is 1. The van der Waals surface area contributed by atoms with Gasteiger partial charge in [-0.15, -0.1) is 0 Å². The molecule has 0 saturated heterocycles. The smallest absolute Gasteiger partial charge is 0.330 e. The van der Waals surface area contributed by atoms with Crippen LogP contribution in [0.15, 0.2) is 18.2 Å². The van der Waals surface area contributed by atoms with Gasteiger partial charge >= 0.3 is 5.97 Å². The maximum absolute atomic E-state index is 11.4. The number of hydrogen-bond acceptors (Lipinski definition) is 7. The largest absolute Gasteiger partial charge is 0.463 e. The molecule has 7 heteroatoms. The Morgan fingerprint density at radius 3 is 2.78 bits per heavy atom. The molecule has 0 aromatic heterocycles. The normalized spacial score (nSPS) is 11.0. The summed E-state index contributed by atoms with van der Waals surface area (Å²) in [6, 6.07) is 3.63. The molecule has 23 heavy (non-hydrogen) atoms. The van der Waals surface area contributed by atoms with Crippen molar-refractivity contribution in [3.63, 3.8) is 0 Å². The Balaban J connectivity index is 2.78. The molecule has 0 fully saturated rings. The fraction of sp³-hybridized carbons (Fsp3) is 0.438. The van der Waals surface area contributed by atoms with Crippen LogP contribution in [0.2, 0.25) is 0 Å². The molecule has 0 spiro atoms. The van der Waals surface area contributed by atoms with Gasteiger partial charge in [0, 0.05) is 6.08 Å². The van der Waals surface area contributed by atoms with Crippen LogP contribution in [0.25, 0.3) is 6.08 Å². The lowest BCUT2D eigenvalue weighted by Crippen LogP contribution is -2.35. The highest BCUT2D eigenvalue weighted by Crippen LogP contribution is 2.28. The van der Waals surface area contributed by atoms with E-state index in [-0.39, 0.29) is 13.2 Å². The Bertz CT molecular complexity index is 546. The summed E-state index contributed by atoms with van der Waals surface area (Å²) in [5.74, 6) is 5.58. The molecule has 5 N–H and O–H groups in total. The summed E-state index contributed by atoms with van der Waals surface area (Å²) in [4.78, 5) is 11.4. The molecule has 7 nitrogen and oxygen atoms in total. The number of benzene rings is 1. The third-order valence-corrected chi connectivity index (χ3v) is 3.24. The lowest BCUT2D eigenvalue weighted by molar-refractivity contribution is -0.137. The van der Waals surface area contributed by atoms with Gasteiger partial charge in [0.05, 0.1) is 44.3 Å². The van der Waals surface area contributed by atoms with E-state index >= 15 is 0 Å². The Labute approximate surface area is 136 Å². The van der Waals surface area contributed by atoms with Gasteiger partial charge in [-0.1, -0.05) is 6.07 Å². The standard InChI is InChI=1S/C16H25N3O4/c1-3-23-15(21)7-5-13-4-6-14(16(17)12(13)2)19(18)8-10-22-11-9-20/h4-7,20H,3,8-11,17-18H2,1-2H3/b7-5+. The summed E-state index contributed by atoms with van der Waals surface area (Å²) in [6.45, 7) is 5.04. The minimum absolute atomic E-state index is 0.0205. The number of nitrogen functional groups attached to an aromatic ring is 1. The van der Waals surface area contributed by atoms with Gasteiger partial charge < -0.3 is 25.3 Å². The summed E-state index contributed by atoms with van der Waals surface area (Å²) in [6.07, 6.45) is 3.03. The minimum atomic E-state index is -0.393. The molecule has 0 bridgehead atoms. The SMILES string of the molecule is CCOC(=O)/C=C/c1ccc(N(N)CCOCCO)c(N)c1C. The first-order chi connectivity index (χ1) is 11.0. The highest BCUT2D eigenvalue weighted by Gasteiger charge is 2.10. The van der Waals surface area contributed by atoms with Crippen molar-refractivity contribution in [1.29, 1.82) is 0 Å². The van der Waals surface area contributed by atoms with E-state index in [2.05, 4.69) is 0 Å². The third-order valence-electron chi connectivity index (χ3n) is 3.24. The van der Waals surface area contributed by atoms with E-state index in [0.29, 0.717) is 31.1 Å². The Morgan fingerprint density at radius 1 is 1.39 bits per heavy atom. The van der Waals surface area contributed by atoms with Gasteiger partial charge in [-0.25, -0.2) is 10.6 Å². The Morgan fingerprint density at radius 2 is 2.13 bits per heavy atom. The number of nitrogens with two attached hydrogens (primary N) is 2. The average Bonchev–Trinajstić information content (AvgIpc) is 2.53. The molecule has 0 aliphatic rings. The van der Waals surface area contributed by atoms with Crippen LogP contribution >= 0.6 is 0 Å². The molecule has 0 saturated carbocycles. The second-order valence-electron chi connectivity index (χ2n) is 4.83. The fourth-order valence-corrected chi connectivity index (χ4v) is 1.96. The van der Waals surface area contributed by atoms with Crippen molar-refractivity contribution in [2.45, 2.75) is 13.8 Å². The van der Waals surface area contributed by atoms with E-state index in [1.807, 2.05) is 13.0 Å². The molecule has 1 aromatic carbocycles. The summed E-state index contributed by atoms with van der Waals surface area (Å²) in [7, 11) is 0. The number of aliphatic hydroxyl groups excluding tert-OH is 1. The number of carbonyl (C=O) groups excluding carboxylic acids is 1. The molecular formula is C16H25N3O4. The second-order valence-corrected chi connectivity index (χ2v) is 4.83. The van der Waals surface area contributed by atoms with Crippen molar-refractivity contribution in [2.75, 3.05) is 43.7 Å². The van der Waals surface area contributed by atoms with Gasteiger partial charge in [-0.05, 0) is 37.1 Å². The number of anilines is 2. The predicted octanol–water partition coefficient (Wildman–Crippen LogP) is 0.843. The van der Waals surface area contributed by atoms with E-state index in [9.17, 15) is 4.79 Å². The highest BCUT2D eigenvalue weighted by atomic mass is 16.5. The van der Waals surface area contributed by atoms with Crippen LogP contribution in [-0.4, -0.2) is 44.0 Å². The van der Waals surface area contributed by atoms with Gasteiger partial charge in [0.15, 0.2) is 0 Å². The highest BCUT2D eigenvalue weighted by molar-refractivity contribution is 5.88. The number of ether oxygens (including phenoxy) is 2. The topological polar surface area (TPSA) is 111 Å². The lowest BCUT2D eigenvalue weighted by Gasteiger charge is -2.22. The zero-order valence-electron chi connectivity index (χ0n) is 13.6. The summed E-state index contributed by atoms with van der Waals surface area (Å²) < 4.78 is 10.0. The van der Waals surface area contributed by atoms with Crippen LogP contribution in [0.1, 0.15) is 18.1 Å². The third kappa shape index (κ3) is 5.90. The zero-order valence-corrected chi connectivity index (χ0v) is 13.6. The molecule has 0 aliphatic heterocycles. The monoisotopic (exact) mass is 323 g/mol. The lowest BCUT2D eigenvalue weighted by atomic mass is 10.0. The van der Waals surface area contributed by atoms with Crippen molar-refractivity contribution in [3.8, 4) is 0 Å². The quantitative estimate of drug-likeness (QED) is 0.154. The summed E-state index contributed by atoms with van der Waals surface area (Å²) in [5, 5.41) is 10.2. The van der Waals surface area contributed by atoms with Crippen molar-refractivity contribution in [2.24, 2.45) is 5.84 Å². The van der Waals surface area contributed by atoms with Gasteiger partial charge in [-0.3, -0.25) is 0 Å². The molecule has 0 unspecified atom stereocenters. The summed E-state index contributed by atoms with van der Waals surface area (Å²) in [5.41, 5.74) is 9.01. The number of rotatable bonds is 9. The Hall–Kier alpha value is -2.09. The van der Waals surface area contributed by atoms with Crippen LogP contribution in [-0.2, 0) is 14.3 Å². The zero-order chi connectivity index (χ0) is 17.2. The van der Waals surface area contributed by atoms with Crippen molar-refractivity contribution in [1.82, 2.24) is 0 Å². The first-order valence-electron chi connectivity index (χ1n) is 7.46. The molecule has 1 rings (SSSR count). The predicted molar refractivity (Wildman–Crippen MR) is 90.7 cm³/mol. The minimum Gasteiger partial charge on any atom is -0.463 e. The molecule has 1 aromatic rings. The Kier molecular flexibility index (Phi) is 8.10.